The van der Waals surface area contributed by atoms with Gasteiger partial charge in [0, 0.05) is 0 Å². The van der Waals surface area contributed by atoms with Crippen molar-refractivity contribution in [2.24, 2.45) is 0 Å². The highest BCUT2D eigenvalue weighted by Crippen LogP contribution is 2.01. The average molecular weight is 225 g/mol. The lowest BCUT2D eigenvalue weighted by Crippen LogP contribution is -2.15. The van der Waals surface area contributed by atoms with Crippen LogP contribution in [0.15, 0.2) is 0 Å². The third-order valence-electron chi connectivity index (χ3n) is 0.462. The van der Waals surface area contributed by atoms with E-state index in [1.807, 2.05) is 0 Å². The van der Waals surface area contributed by atoms with Crippen LogP contribution in [0.5, 0.6) is 0 Å². The number of rotatable bonds is 4. The van der Waals surface area contributed by atoms with Crippen molar-refractivity contribution in [3.8, 4) is 0 Å². The summed E-state index contributed by atoms with van der Waals surface area (Å²) in [4.78, 5) is 0. The second-order valence-corrected chi connectivity index (χ2v) is 3.79. The van der Waals surface area contributed by atoms with Gasteiger partial charge in [0.1, 0.15) is 0 Å². The van der Waals surface area contributed by atoms with E-state index in [9.17, 15) is 16.8 Å². The van der Waals surface area contributed by atoms with Crippen molar-refractivity contribution >= 4 is 20.8 Å². The van der Waals surface area contributed by atoms with Gasteiger partial charge >= 0.3 is 20.8 Å². The maximum atomic E-state index is 10.2. The molecule has 0 aliphatic rings. The van der Waals surface area contributed by atoms with Gasteiger partial charge in [-0.05, 0) is 0 Å². The largest absolute Gasteiger partial charge is 0.442 e. The maximum absolute atomic E-state index is 10.2. The van der Waals surface area contributed by atoms with Crippen molar-refractivity contribution in [3.05, 3.63) is 0 Å². The zero-order chi connectivity index (χ0) is 9.12. The van der Waals surface area contributed by atoms with E-state index < -0.39 is 20.8 Å². The second kappa shape index (κ2) is 4.66. The van der Waals surface area contributed by atoms with Crippen LogP contribution in [0.3, 0.4) is 0 Å². The Balaban J connectivity index is 0. The summed E-state index contributed by atoms with van der Waals surface area (Å²) < 4.78 is 49.8. The van der Waals surface area contributed by atoms with E-state index in [-0.39, 0.29) is 6.15 Å². The quantitative estimate of drug-likeness (QED) is 0.443. The fraction of sp³-hybridized carbons (Fsp3) is 1.00. The van der Waals surface area contributed by atoms with Crippen LogP contribution in [0.25, 0.3) is 0 Å². The molecule has 0 saturated heterocycles. The molecular weight excluding hydrogens is 218 g/mol. The van der Waals surface area contributed by atoms with Crippen molar-refractivity contribution in [1.29, 1.82) is 0 Å². The Hall–Kier alpha value is -0.300. The van der Waals surface area contributed by atoms with Crippen LogP contribution in [-0.2, 0) is 32.9 Å². The molecule has 0 amide bonds. The van der Waals surface area contributed by atoms with Crippen LogP contribution in [0, 0.1) is 0 Å². The summed E-state index contributed by atoms with van der Waals surface area (Å²) in [6.45, 7) is 0. The molecule has 0 spiro atoms. The molecule has 0 aromatic heterocycles. The molecule has 9 nitrogen and oxygen atoms in total. The zero-order valence-corrected chi connectivity index (χ0v) is 7.46. The number of hydrogen-bond donors (Lipinski definition) is 2. The van der Waals surface area contributed by atoms with Gasteiger partial charge in [-0.25, -0.2) is 5.26 Å². The van der Waals surface area contributed by atoms with E-state index >= 15 is 0 Å². The van der Waals surface area contributed by atoms with Crippen LogP contribution in [-0.4, -0.2) is 29.2 Å². The minimum absolute atomic E-state index is 0. The van der Waals surface area contributed by atoms with Gasteiger partial charge in [-0.2, -0.15) is 16.8 Å². The molecule has 0 radical (unpaired) electrons. The Labute approximate surface area is 69.0 Å². The van der Waals surface area contributed by atoms with Crippen molar-refractivity contribution in [3.63, 3.8) is 0 Å². The molecule has 0 saturated carbocycles. The molecule has 0 unspecified atom stereocenters. The lowest BCUT2D eigenvalue weighted by molar-refractivity contribution is -0.138. The molecule has 0 heterocycles. The SMILES string of the molecule is COS(=O)(=O)OS(=O)(=O)OO.N. The molecular formula is CH7NO8S2. The predicted molar refractivity (Wildman–Crippen MR) is 34.7 cm³/mol. The molecule has 0 fully saturated rings. The van der Waals surface area contributed by atoms with Crippen molar-refractivity contribution < 1.29 is 34.2 Å². The maximum Gasteiger partial charge on any atom is 0.442 e. The highest BCUT2D eigenvalue weighted by Gasteiger charge is 2.23. The highest BCUT2D eigenvalue weighted by molar-refractivity contribution is 7.95. The summed E-state index contributed by atoms with van der Waals surface area (Å²) in [5.41, 5.74) is 0. The van der Waals surface area contributed by atoms with Crippen LogP contribution in [0.2, 0.25) is 0 Å². The minimum Gasteiger partial charge on any atom is -0.344 e. The normalized spacial score (nSPS) is 12.2. The van der Waals surface area contributed by atoms with Gasteiger partial charge in [0.05, 0.1) is 7.11 Å². The lowest BCUT2D eigenvalue weighted by atomic mass is 11.8. The first kappa shape index (κ1) is 14.2. The molecule has 11 heteroatoms. The highest BCUT2D eigenvalue weighted by atomic mass is 32.3. The first-order chi connectivity index (χ1) is 4.83. The third kappa shape index (κ3) is 5.36. The van der Waals surface area contributed by atoms with Crippen LogP contribution in [0.4, 0.5) is 0 Å². The van der Waals surface area contributed by atoms with Gasteiger partial charge in [0.25, 0.3) is 0 Å². The van der Waals surface area contributed by atoms with E-state index in [0.29, 0.717) is 7.11 Å². The Bertz CT molecular complexity index is 266. The van der Waals surface area contributed by atoms with Crippen molar-refractivity contribution in [2.45, 2.75) is 0 Å². The minimum atomic E-state index is -4.95. The molecule has 12 heavy (non-hydrogen) atoms. The fourth-order valence-corrected chi connectivity index (χ4v) is 1.28. The second-order valence-electron chi connectivity index (χ2n) is 1.13. The molecule has 0 atom stereocenters. The molecule has 0 aromatic carbocycles. The van der Waals surface area contributed by atoms with Crippen LogP contribution in [0.1, 0.15) is 0 Å². The summed E-state index contributed by atoms with van der Waals surface area (Å²) in [7, 11) is -8.94. The Morgan fingerprint density at radius 3 is 1.75 bits per heavy atom. The summed E-state index contributed by atoms with van der Waals surface area (Å²) in [5, 5.41) is 7.52. The van der Waals surface area contributed by atoms with Crippen molar-refractivity contribution in [2.75, 3.05) is 7.11 Å². The average Bonchev–Trinajstić information content (AvgIpc) is 1.86. The zero-order valence-electron chi connectivity index (χ0n) is 5.83. The van der Waals surface area contributed by atoms with Crippen LogP contribution >= 0.6 is 0 Å². The molecule has 0 aliphatic carbocycles. The molecule has 0 bridgehead atoms. The summed E-state index contributed by atoms with van der Waals surface area (Å²) in [6, 6.07) is 0. The lowest BCUT2D eigenvalue weighted by Gasteiger charge is -1.97. The van der Waals surface area contributed by atoms with Crippen LogP contribution < -0.4 is 6.15 Å². The molecule has 76 valence electrons. The van der Waals surface area contributed by atoms with E-state index in [1.165, 1.54) is 0 Å². The van der Waals surface area contributed by atoms with Gasteiger partial charge in [-0.3, -0.25) is 4.18 Å². The smallest absolute Gasteiger partial charge is 0.344 e. The first-order valence-electron chi connectivity index (χ1n) is 1.92. The molecule has 0 aliphatic heterocycles. The summed E-state index contributed by atoms with van der Waals surface area (Å²) in [6.07, 6.45) is 0. The molecule has 0 rings (SSSR count). The topological polar surface area (TPSA) is 151 Å². The predicted octanol–water partition coefficient (Wildman–Crippen LogP) is -1.21. The first-order valence-corrected chi connectivity index (χ1v) is 4.59. The van der Waals surface area contributed by atoms with E-state index in [2.05, 4.69) is 12.1 Å². The Morgan fingerprint density at radius 1 is 1.08 bits per heavy atom. The Kier molecular flexibility index (Phi) is 5.53. The van der Waals surface area contributed by atoms with E-state index in [1.54, 1.807) is 0 Å². The van der Waals surface area contributed by atoms with Gasteiger partial charge in [-0.1, -0.05) is 7.96 Å². The fourth-order valence-electron chi connectivity index (χ4n) is 0.142. The summed E-state index contributed by atoms with van der Waals surface area (Å²) >= 11 is 0. The van der Waals surface area contributed by atoms with Gasteiger partial charge in [0.15, 0.2) is 0 Å². The van der Waals surface area contributed by atoms with Gasteiger partial charge in [0.2, 0.25) is 0 Å². The number of hydrogen-bond acceptors (Lipinski definition) is 9. The van der Waals surface area contributed by atoms with Crippen molar-refractivity contribution in [1.82, 2.24) is 6.15 Å². The Morgan fingerprint density at radius 2 is 1.50 bits per heavy atom. The van der Waals surface area contributed by atoms with Gasteiger partial charge < -0.3 is 6.15 Å². The van der Waals surface area contributed by atoms with Gasteiger partial charge in [-0.15, -0.1) is 0 Å². The standard InChI is InChI=1S/CH4O8S2.H3N/c1-7-10(3,4)9-11(5,6)8-2;/h2H,1H3;1H3. The summed E-state index contributed by atoms with van der Waals surface area (Å²) in [5.74, 6) is 0. The third-order valence-corrected chi connectivity index (χ3v) is 2.39. The molecule has 0 aromatic rings. The monoisotopic (exact) mass is 225 g/mol. The van der Waals surface area contributed by atoms with E-state index in [4.69, 9.17) is 5.26 Å². The van der Waals surface area contributed by atoms with E-state index in [0.717, 1.165) is 0 Å². The molecule has 4 N–H and O–H groups in total.